The fourth-order valence-corrected chi connectivity index (χ4v) is 2.60. The number of esters is 1. The van der Waals surface area contributed by atoms with Crippen molar-refractivity contribution < 1.29 is 14.3 Å². The zero-order valence-corrected chi connectivity index (χ0v) is 12.6. The van der Waals surface area contributed by atoms with Crippen LogP contribution < -0.4 is 0 Å². The van der Waals surface area contributed by atoms with Gasteiger partial charge in [0.25, 0.3) is 0 Å². The highest BCUT2D eigenvalue weighted by Crippen LogP contribution is 2.21. The Bertz CT molecular complexity index is 494. The molecule has 1 amide bonds. The number of nitrogens with zero attached hydrogens (tertiary/aromatic N) is 4. The van der Waals surface area contributed by atoms with Gasteiger partial charge in [0.2, 0.25) is 5.91 Å². The van der Waals surface area contributed by atoms with Crippen LogP contribution in [0.15, 0.2) is 6.20 Å². The van der Waals surface area contributed by atoms with Crippen LogP contribution in [0, 0.1) is 0 Å². The smallest absolute Gasteiger partial charge is 0.360 e. The Morgan fingerprint density at radius 1 is 1.38 bits per heavy atom. The monoisotopic (exact) mass is 294 g/mol. The minimum atomic E-state index is -0.517. The number of hydrogen-bond donors (Lipinski definition) is 0. The number of amides is 1. The molecule has 1 aliphatic carbocycles. The van der Waals surface area contributed by atoms with Gasteiger partial charge < -0.3 is 9.64 Å². The molecule has 0 bridgehead atoms. The van der Waals surface area contributed by atoms with Crippen molar-refractivity contribution in [2.45, 2.75) is 51.6 Å². The number of likely N-dealkylation sites (N-methyl/N-ethyl adjacent to an activating group) is 1. The minimum Gasteiger partial charge on any atom is -0.461 e. The molecule has 1 fully saturated rings. The van der Waals surface area contributed by atoms with E-state index in [1.54, 1.807) is 11.8 Å². The summed E-state index contributed by atoms with van der Waals surface area (Å²) in [5.74, 6) is -0.529. The molecule has 0 radical (unpaired) electrons. The van der Waals surface area contributed by atoms with Crippen LogP contribution in [0.2, 0.25) is 0 Å². The van der Waals surface area contributed by atoms with E-state index in [9.17, 15) is 9.59 Å². The van der Waals surface area contributed by atoms with Crippen molar-refractivity contribution in [1.82, 2.24) is 19.9 Å². The molecular weight excluding hydrogens is 272 g/mol. The fraction of sp³-hybridized carbons (Fsp3) is 0.714. The molecule has 1 aliphatic rings. The second kappa shape index (κ2) is 7.19. The maximum atomic E-state index is 12.2. The van der Waals surface area contributed by atoms with Gasteiger partial charge in [0.1, 0.15) is 6.54 Å². The quantitative estimate of drug-likeness (QED) is 0.764. The zero-order valence-electron chi connectivity index (χ0n) is 12.6. The van der Waals surface area contributed by atoms with Crippen LogP contribution in [0.3, 0.4) is 0 Å². The SMILES string of the molecule is CCOC(=O)c1cn(CC(=O)N(C)C2CCCCC2)nn1. The Hall–Kier alpha value is -1.92. The third kappa shape index (κ3) is 4.03. The van der Waals surface area contributed by atoms with E-state index in [-0.39, 0.29) is 24.8 Å². The Morgan fingerprint density at radius 3 is 2.76 bits per heavy atom. The zero-order chi connectivity index (χ0) is 15.2. The van der Waals surface area contributed by atoms with E-state index < -0.39 is 5.97 Å². The molecule has 0 unspecified atom stereocenters. The third-order valence-electron chi connectivity index (χ3n) is 3.84. The van der Waals surface area contributed by atoms with E-state index in [0.717, 1.165) is 12.8 Å². The largest absolute Gasteiger partial charge is 0.461 e. The first-order valence-corrected chi connectivity index (χ1v) is 7.44. The lowest BCUT2D eigenvalue weighted by atomic mass is 9.94. The second-order valence-corrected chi connectivity index (χ2v) is 5.32. The molecule has 0 N–H and O–H groups in total. The Kier molecular flexibility index (Phi) is 5.30. The van der Waals surface area contributed by atoms with E-state index in [0.29, 0.717) is 6.04 Å². The number of carbonyl (C=O) groups excluding carboxylic acids is 2. The predicted molar refractivity (Wildman–Crippen MR) is 75.6 cm³/mol. The topological polar surface area (TPSA) is 77.3 Å². The van der Waals surface area contributed by atoms with E-state index in [1.165, 1.54) is 30.1 Å². The van der Waals surface area contributed by atoms with Gasteiger partial charge >= 0.3 is 5.97 Å². The van der Waals surface area contributed by atoms with Crippen molar-refractivity contribution in [3.05, 3.63) is 11.9 Å². The number of rotatable bonds is 5. The van der Waals surface area contributed by atoms with Gasteiger partial charge in [-0.05, 0) is 19.8 Å². The van der Waals surface area contributed by atoms with Crippen molar-refractivity contribution in [2.75, 3.05) is 13.7 Å². The molecule has 0 spiro atoms. The third-order valence-corrected chi connectivity index (χ3v) is 3.84. The van der Waals surface area contributed by atoms with Crippen LogP contribution in [0.25, 0.3) is 0 Å². The molecule has 1 saturated carbocycles. The normalized spacial score (nSPS) is 15.7. The Balaban J connectivity index is 1.91. The van der Waals surface area contributed by atoms with E-state index >= 15 is 0 Å². The highest BCUT2D eigenvalue weighted by molar-refractivity contribution is 5.86. The first-order chi connectivity index (χ1) is 10.1. The number of hydrogen-bond acceptors (Lipinski definition) is 5. The average Bonchev–Trinajstić information content (AvgIpc) is 2.96. The van der Waals surface area contributed by atoms with Crippen LogP contribution in [-0.2, 0) is 16.1 Å². The predicted octanol–water partition coefficient (Wildman–Crippen LogP) is 1.25. The van der Waals surface area contributed by atoms with Gasteiger partial charge in [-0.25, -0.2) is 9.48 Å². The van der Waals surface area contributed by atoms with Crippen LogP contribution in [-0.4, -0.2) is 51.5 Å². The summed E-state index contributed by atoms with van der Waals surface area (Å²) < 4.78 is 6.22. The Morgan fingerprint density at radius 2 is 2.10 bits per heavy atom. The van der Waals surface area contributed by atoms with Gasteiger partial charge in [-0.1, -0.05) is 24.5 Å². The maximum Gasteiger partial charge on any atom is 0.360 e. The van der Waals surface area contributed by atoms with Gasteiger partial charge in [-0.15, -0.1) is 5.10 Å². The molecule has 0 saturated heterocycles. The standard InChI is InChI=1S/C14H22N4O3/c1-3-21-14(20)12-9-18(16-15-12)10-13(19)17(2)11-7-5-4-6-8-11/h9,11H,3-8,10H2,1-2H3. The summed E-state index contributed by atoms with van der Waals surface area (Å²) >= 11 is 0. The summed E-state index contributed by atoms with van der Waals surface area (Å²) in [4.78, 5) is 25.5. The molecule has 7 nitrogen and oxygen atoms in total. The number of ether oxygens (including phenoxy) is 1. The summed E-state index contributed by atoms with van der Waals surface area (Å²) in [5, 5.41) is 7.53. The minimum absolute atomic E-state index is 0.0118. The van der Waals surface area contributed by atoms with Crippen molar-refractivity contribution in [2.24, 2.45) is 0 Å². The lowest BCUT2D eigenvalue weighted by Gasteiger charge is -2.31. The molecule has 116 valence electrons. The summed E-state index contributed by atoms with van der Waals surface area (Å²) in [6.07, 6.45) is 7.19. The first kappa shape index (κ1) is 15.5. The fourth-order valence-electron chi connectivity index (χ4n) is 2.60. The van der Waals surface area contributed by atoms with E-state index in [1.807, 2.05) is 7.05 Å². The van der Waals surface area contributed by atoms with Gasteiger partial charge in [-0.3, -0.25) is 4.79 Å². The summed E-state index contributed by atoms with van der Waals surface area (Å²) in [5.41, 5.74) is 0.130. The first-order valence-electron chi connectivity index (χ1n) is 7.44. The number of carbonyl (C=O) groups is 2. The molecular formula is C14H22N4O3. The molecule has 1 heterocycles. The molecule has 1 aromatic heterocycles. The van der Waals surface area contributed by atoms with Crippen molar-refractivity contribution in [3.8, 4) is 0 Å². The van der Waals surface area contributed by atoms with Crippen LogP contribution in [0.1, 0.15) is 49.5 Å². The summed E-state index contributed by atoms with van der Waals surface area (Å²) in [6.45, 7) is 2.11. The van der Waals surface area contributed by atoms with Gasteiger partial charge in [0.15, 0.2) is 5.69 Å². The molecule has 0 aromatic carbocycles. The van der Waals surface area contributed by atoms with Crippen LogP contribution in [0.5, 0.6) is 0 Å². The van der Waals surface area contributed by atoms with E-state index in [4.69, 9.17) is 4.74 Å². The highest BCUT2D eigenvalue weighted by atomic mass is 16.5. The van der Waals surface area contributed by atoms with Crippen molar-refractivity contribution in [1.29, 1.82) is 0 Å². The molecule has 1 aromatic rings. The lowest BCUT2D eigenvalue weighted by Crippen LogP contribution is -2.40. The summed E-state index contributed by atoms with van der Waals surface area (Å²) in [7, 11) is 1.83. The van der Waals surface area contributed by atoms with Crippen LogP contribution >= 0.6 is 0 Å². The molecule has 0 atom stereocenters. The van der Waals surface area contributed by atoms with Crippen molar-refractivity contribution in [3.63, 3.8) is 0 Å². The van der Waals surface area contributed by atoms with Gasteiger partial charge in [0, 0.05) is 13.1 Å². The molecule has 21 heavy (non-hydrogen) atoms. The molecule has 2 rings (SSSR count). The average molecular weight is 294 g/mol. The summed E-state index contributed by atoms with van der Waals surface area (Å²) in [6, 6.07) is 0.319. The van der Waals surface area contributed by atoms with Gasteiger partial charge in [0.05, 0.1) is 12.8 Å². The van der Waals surface area contributed by atoms with E-state index in [2.05, 4.69) is 10.3 Å². The maximum absolute atomic E-state index is 12.2. The number of aromatic nitrogens is 3. The van der Waals surface area contributed by atoms with Crippen LogP contribution in [0.4, 0.5) is 0 Å². The second-order valence-electron chi connectivity index (χ2n) is 5.32. The van der Waals surface area contributed by atoms with Crippen molar-refractivity contribution >= 4 is 11.9 Å². The Labute approximate surface area is 124 Å². The van der Waals surface area contributed by atoms with Gasteiger partial charge in [-0.2, -0.15) is 0 Å². The molecule has 7 heteroatoms. The molecule has 0 aliphatic heterocycles. The lowest BCUT2D eigenvalue weighted by molar-refractivity contribution is -0.133. The highest BCUT2D eigenvalue weighted by Gasteiger charge is 2.22.